The van der Waals surface area contributed by atoms with Gasteiger partial charge in [-0.15, -0.1) is 22.7 Å². The lowest BCUT2D eigenvalue weighted by Gasteiger charge is -2.13. The number of benzene rings is 9. The molecule has 0 saturated carbocycles. The predicted octanol–water partition coefficient (Wildman–Crippen LogP) is 18.4. The van der Waals surface area contributed by atoms with E-state index in [4.69, 9.17) is 34.9 Å². The SMILES string of the molecule is c1ccc(-c2cccc(-c3nc(-c4cccc(-c5ccccc5)n4)nc(-n4c5ccccc5c5c6c7ccccc7n(-c7nc(-c8ccc9sc%10ccccc%10c9c8)cc(-c8ccc9sc%10ccccc%10c9c8)n7)c6ccc54)n3)n2)cc1. The van der Waals surface area contributed by atoms with Gasteiger partial charge in [0, 0.05) is 84.1 Å². The van der Waals surface area contributed by atoms with Crippen molar-refractivity contribution in [1.82, 2.24) is 44.0 Å². The van der Waals surface area contributed by atoms with Crippen molar-refractivity contribution in [1.29, 1.82) is 0 Å². The van der Waals surface area contributed by atoms with Crippen LogP contribution in [-0.2, 0) is 0 Å². The Labute approximate surface area is 476 Å². The zero-order valence-electron chi connectivity index (χ0n) is 43.5. The molecular formula is C71H41N9S2. The van der Waals surface area contributed by atoms with Gasteiger partial charge in [0.15, 0.2) is 11.6 Å². The third-order valence-electron chi connectivity index (χ3n) is 15.7. The summed E-state index contributed by atoms with van der Waals surface area (Å²) in [5.41, 5.74) is 12.4. The van der Waals surface area contributed by atoms with Crippen LogP contribution in [0.5, 0.6) is 0 Å². The van der Waals surface area contributed by atoms with Crippen LogP contribution in [0.2, 0.25) is 0 Å². The van der Waals surface area contributed by atoms with Crippen molar-refractivity contribution in [3.63, 3.8) is 0 Å². The number of aromatic nitrogens is 9. The molecule has 17 aromatic rings. The number of hydrogen-bond acceptors (Lipinski definition) is 9. The highest BCUT2D eigenvalue weighted by Crippen LogP contribution is 2.44. The fourth-order valence-electron chi connectivity index (χ4n) is 11.9. The highest BCUT2D eigenvalue weighted by atomic mass is 32.1. The van der Waals surface area contributed by atoms with Gasteiger partial charge in [0.1, 0.15) is 11.4 Å². The minimum atomic E-state index is 0.429. The zero-order valence-corrected chi connectivity index (χ0v) is 45.1. The zero-order chi connectivity index (χ0) is 53.8. The molecule has 0 aliphatic carbocycles. The summed E-state index contributed by atoms with van der Waals surface area (Å²) in [7, 11) is 0. The summed E-state index contributed by atoms with van der Waals surface area (Å²) >= 11 is 3.64. The van der Waals surface area contributed by atoms with E-state index in [1.54, 1.807) is 0 Å². The Balaban J connectivity index is 0.902. The van der Waals surface area contributed by atoms with Crippen molar-refractivity contribution in [3.8, 4) is 80.0 Å². The van der Waals surface area contributed by atoms with E-state index in [9.17, 15) is 0 Å². The third-order valence-corrected chi connectivity index (χ3v) is 18.0. The lowest BCUT2D eigenvalue weighted by Crippen LogP contribution is -2.07. The number of fused-ring (bicyclic) bond motifs is 13. The number of pyridine rings is 2. The van der Waals surface area contributed by atoms with E-state index in [1.807, 2.05) is 95.5 Å². The third kappa shape index (κ3) is 7.48. The summed E-state index contributed by atoms with van der Waals surface area (Å²) in [6.45, 7) is 0. The molecule has 0 unspecified atom stereocenters. The maximum absolute atomic E-state index is 5.58. The topological polar surface area (TPSA) is 100 Å². The van der Waals surface area contributed by atoms with Crippen molar-refractivity contribution >= 4 is 107 Å². The van der Waals surface area contributed by atoms with Gasteiger partial charge in [-0.05, 0) is 91.0 Å². The molecule has 0 amide bonds. The predicted molar refractivity (Wildman–Crippen MR) is 338 cm³/mol. The van der Waals surface area contributed by atoms with E-state index in [0.717, 1.165) is 88.6 Å². The second-order valence-corrected chi connectivity index (χ2v) is 22.6. The second kappa shape index (κ2) is 18.5. The highest BCUT2D eigenvalue weighted by molar-refractivity contribution is 7.26. The molecule has 11 heteroatoms. The van der Waals surface area contributed by atoms with Crippen LogP contribution in [0.15, 0.2) is 249 Å². The molecule has 82 heavy (non-hydrogen) atoms. The summed E-state index contributed by atoms with van der Waals surface area (Å²) in [4.78, 5) is 37.4. The summed E-state index contributed by atoms with van der Waals surface area (Å²) in [6.07, 6.45) is 0. The van der Waals surface area contributed by atoms with Gasteiger partial charge in [-0.25, -0.2) is 24.9 Å². The number of rotatable bonds is 8. The van der Waals surface area contributed by atoms with Gasteiger partial charge in [-0.3, -0.25) is 9.13 Å². The standard InChI is InChI=1S/C71H41N9S2/c1-3-17-42(18-4-1)52-25-15-27-54(72-52)68-76-69(55-28-16-26-53(73-55)43-19-5-2-6-20-43)78-71(77-68)80-59-30-12-8-24-49(59)67-61(80)36-35-60-66(67)48-23-7-11-29-58(48)79(60)70-74-56(44-33-37-64-50(39-44)46-21-9-13-31-62(46)81-64)41-57(75-70)45-34-38-65-51(40-45)47-22-10-14-32-63(47)82-65/h1-41H. The highest BCUT2D eigenvalue weighted by Gasteiger charge is 2.25. The van der Waals surface area contributed by atoms with Crippen molar-refractivity contribution in [2.45, 2.75) is 0 Å². The van der Waals surface area contributed by atoms with Gasteiger partial charge in [0.05, 0.1) is 44.8 Å². The Morgan fingerprint density at radius 1 is 0.232 bits per heavy atom. The molecule has 0 spiro atoms. The summed E-state index contributed by atoms with van der Waals surface area (Å²) < 4.78 is 9.42. The average molecular weight is 1080 g/mol. The first-order valence-electron chi connectivity index (χ1n) is 27.1. The normalized spacial score (nSPS) is 11.9. The molecule has 0 atom stereocenters. The van der Waals surface area contributed by atoms with E-state index in [-0.39, 0.29) is 0 Å². The summed E-state index contributed by atoms with van der Waals surface area (Å²) in [5, 5.41) is 9.16. The van der Waals surface area contributed by atoms with Gasteiger partial charge in [0.25, 0.3) is 0 Å². The number of para-hydroxylation sites is 2. The van der Waals surface area contributed by atoms with Gasteiger partial charge in [-0.1, -0.05) is 158 Å². The van der Waals surface area contributed by atoms with Crippen LogP contribution >= 0.6 is 22.7 Å². The maximum Gasteiger partial charge on any atom is 0.238 e. The molecular weight excluding hydrogens is 1040 g/mol. The first kappa shape index (κ1) is 46.3. The van der Waals surface area contributed by atoms with E-state index in [0.29, 0.717) is 34.9 Å². The van der Waals surface area contributed by atoms with Crippen LogP contribution in [-0.4, -0.2) is 44.0 Å². The Morgan fingerprint density at radius 2 is 0.634 bits per heavy atom. The monoisotopic (exact) mass is 1080 g/mol. The molecule has 0 fully saturated rings. The van der Waals surface area contributed by atoms with Gasteiger partial charge < -0.3 is 0 Å². The molecule has 0 N–H and O–H groups in total. The fourth-order valence-corrected chi connectivity index (χ4v) is 14.1. The maximum atomic E-state index is 5.58. The first-order valence-corrected chi connectivity index (χ1v) is 28.8. The fraction of sp³-hybridized carbons (Fsp3) is 0. The van der Waals surface area contributed by atoms with Crippen LogP contribution in [0.4, 0.5) is 0 Å². The van der Waals surface area contributed by atoms with Crippen molar-refractivity contribution in [2.75, 3.05) is 0 Å². The summed E-state index contributed by atoms with van der Waals surface area (Å²) in [6, 6.07) is 86.8. The molecule has 0 aliphatic rings. The van der Waals surface area contributed by atoms with E-state index in [2.05, 4.69) is 185 Å². The molecule has 382 valence electrons. The Morgan fingerprint density at radius 3 is 1.12 bits per heavy atom. The molecule has 17 rings (SSSR count). The lowest BCUT2D eigenvalue weighted by molar-refractivity contribution is 0.944. The molecule has 0 radical (unpaired) electrons. The summed E-state index contributed by atoms with van der Waals surface area (Å²) in [5.74, 6) is 1.88. The minimum absolute atomic E-state index is 0.429. The Kier molecular flexibility index (Phi) is 10.5. The lowest BCUT2D eigenvalue weighted by atomic mass is 10.0. The van der Waals surface area contributed by atoms with E-state index < -0.39 is 0 Å². The van der Waals surface area contributed by atoms with Crippen molar-refractivity contribution in [3.05, 3.63) is 249 Å². The number of nitrogens with zero attached hydrogens (tertiary/aromatic N) is 9. The molecule has 9 nitrogen and oxygen atoms in total. The van der Waals surface area contributed by atoms with Crippen LogP contribution in [0.1, 0.15) is 0 Å². The molecule has 0 saturated heterocycles. The molecule has 8 heterocycles. The van der Waals surface area contributed by atoms with Crippen LogP contribution < -0.4 is 0 Å². The minimum Gasteiger partial charge on any atom is -0.278 e. The second-order valence-electron chi connectivity index (χ2n) is 20.4. The van der Waals surface area contributed by atoms with Gasteiger partial charge in [-0.2, -0.15) is 9.97 Å². The number of hydrogen-bond donors (Lipinski definition) is 0. The van der Waals surface area contributed by atoms with Gasteiger partial charge >= 0.3 is 0 Å². The van der Waals surface area contributed by atoms with Crippen molar-refractivity contribution < 1.29 is 0 Å². The Hall–Kier alpha value is -10.6. The molecule has 8 aromatic heterocycles. The van der Waals surface area contributed by atoms with Crippen LogP contribution in [0.3, 0.4) is 0 Å². The Bertz CT molecular complexity index is 5200. The number of thiophene rings is 2. The van der Waals surface area contributed by atoms with E-state index >= 15 is 0 Å². The van der Waals surface area contributed by atoms with E-state index in [1.165, 1.54) is 40.3 Å². The first-order chi connectivity index (χ1) is 40.6. The van der Waals surface area contributed by atoms with Crippen LogP contribution in [0, 0.1) is 0 Å². The largest absolute Gasteiger partial charge is 0.278 e. The van der Waals surface area contributed by atoms with Crippen LogP contribution in [0.25, 0.3) is 164 Å². The molecule has 9 aromatic carbocycles. The average Bonchev–Trinajstić information content (AvgIpc) is 2.48. The van der Waals surface area contributed by atoms with Crippen molar-refractivity contribution in [2.24, 2.45) is 0 Å². The van der Waals surface area contributed by atoms with Gasteiger partial charge in [0.2, 0.25) is 11.9 Å². The molecule has 0 aliphatic heterocycles. The quantitative estimate of drug-likeness (QED) is 0.149. The molecule has 0 bridgehead atoms. The smallest absolute Gasteiger partial charge is 0.238 e.